The standard InChI is InChI=1S/C31H35NSi/c1-5-15-27(16-6-1)31(32-24-13-14-25-32)23-26-33(28-17-7-2-8-18-28,29-19-9-3-10-20-29)30-21-11-4-12-22-30/h2-4,7-12,17-22,27,31H,1,5-6,13-16,24-25H2. The van der Waals surface area contributed by atoms with Crippen LogP contribution >= 0.6 is 0 Å². The molecule has 1 aliphatic heterocycles. The van der Waals surface area contributed by atoms with Crippen LogP contribution in [0, 0.1) is 17.4 Å². The lowest BCUT2D eigenvalue weighted by Crippen LogP contribution is -2.66. The molecule has 3 aromatic rings. The Morgan fingerprint density at radius 2 is 1.06 bits per heavy atom. The van der Waals surface area contributed by atoms with Crippen molar-refractivity contribution >= 4 is 23.6 Å². The van der Waals surface area contributed by atoms with Crippen molar-refractivity contribution < 1.29 is 0 Å². The molecule has 1 aliphatic carbocycles. The summed E-state index contributed by atoms with van der Waals surface area (Å²) in [4.78, 5) is 2.71. The van der Waals surface area contributed by atoms with Crippen molar-refractivity contribution in [2.75, 3.05) is 13.1 Å². The molecule has 1 nitrogen and oxygen atoms in total. The van der Waals surface area contributed by atoms with E-state index < -0.39 is 8.07 Å². The first kappa shape index (κ1) is 22.2. The summed E-state index contributed by atoms with van der Waals surface area (Å²) in [5.41, 5.74) is 4.10. The van der Waals surface area contributed by atoms with Crippen molar-refractivity contribution in [1.82, 2.24) is 4.90 Å². The largest absolute Gasteiger partial charge is 0.290 e. The highest BCUT2D eigenvalue weighted by Gasteiger charge is 2.39. The zero-order chi connectivity index (χ0) is 22.3. The third-order valence-corrected chi connectivity index (χ3v) is 11.8. The lowest BCUT2D eigenvalue weighted by atomic mass is 9.83. The normalized spacial score (nSPS) is 18.4. The van der Waals surface area contributed by atoms with Gasteiger partial charge in [0.25, 0.3) is 0 Å². The summed E-state index contributed by atoms with van der Waals surface area (Å²) in [5, 5.41) is 4.16. The average Bonchev–Trinajstić information content (AvgIpc) is 3.44. The quantitative estimate of drug-likeness (QED) is 0.309. The number of hydrogen-bond acceptors (Lipinski definition) is 1. The Balaban J connectivity index is 1.68. The molecule has 2 fully saturated rings. The van der Waals surface area contributed by atoms with Crippen LogP contribution in [0.4, 0.5) is 0 Å². The first-order valence-electron chi connectivity index (χ1n) is 12.8. The highest BCUT2D eigenvalue weighted by Crippen LogP contribution is 2.30. The maximum Gasteiger partial charge on any atom is 0.229 e. The number of likely N-dealkylation sites (tertiary alicyclic amines) is 1. The molecule has 168 valence electrons. The highest BCUT2D eigenvalue weighted by molar-refractivity contribution is 7.16. The molecular formula is C31H35NSi. The van der Waals surface area contributed by atoms with Gasteiger partial charge in [-0.2, -0.15) is 0 Å². The second-order valence-corrected chi connectivity index (χ2v) is 13.2. The Hall–Kier alpha value is -2.60. The summed E-state index contributed by atoms with van der Waals surface area (Å²) in [7, 11) is -2.49. The van der Waals surface area contributed by atoms with Crippen LogP contribution in [-0.2, 0) is 0 Å². The second-order valence-electron chi connectivity index (χ2n) is 9.70. The van der Waals surface area contributed by atoms with Crippen LogP contribution in [0.1, 0.15) is 44.9 Å². The van der Waals surface area contributed by atoms with Gasteiger partial charge in [0.2, 0.25) is 8.07 Å². The molecule has 0 bridgehead atoms. The molecule has 33 heavy (non-hydrogen) atoms. The average molecular weight is 450 g/mol. The molecule has 0 aromatic heterocycles. The minimum Gasteiger partial charge on any atom is -0.290 e. The van der Waals surface area contributed by atoms with Crippen molar-refractivity contribution in [3.8, 4) is 11.5 Å². The van der Waals surface area contributed by atoms with Crippen molar-refractivity contribution in [3.05, 3.63) is 91.0 Å². The van der Waals surface area contributed by atoms with Crippen molar-refractivity contribution in [2.24, 2.45) is 5.92 Å². The first-order valence-corrected chi connectivity index (χ1v) is 14.8. The van der Waals surface area contributed by atoms with Gasteiger partial charge in [-0.05, 0) is 60.3 Å². The topological polar surface area (TPSA) is 3.24 Å². The van der Waals surface area contributed by atoms with Gasteiger partial charge in [0, 0.05) is 0 Å². The van der Waals surface area contributed by atoms with Crippen LogP contribution in [0.3, 0.4) is 0 Å². The van der Waals surface area contributed by atoms with E-state index in [2.05, 4.69) is 107 Å². The predicted octanol–water partition coefficient (Wildman–Crippen LogP) is 4.74. The Labute approximate surface area is 200 Å². The Bertz CT molecular complexity index is 959. The summed E-state index contributed by atoms with van der Waals surface area (Å²) >= 11 is 0. The molecule has 0 amide bonds. The van der Waals surface area contributed by atoms with Gasteiger partial charge in [0.1, 0.15) is 0 Å². The molecule has 0 radical (unpaired) electrons. The molecule has 1 saturated carbocycles. The molecule has 0 spiro atoms. The second kappa shape index (κ2) is 10.6. The van der Waals surface area contributed by atoms with Crippen LogP contribution in [0.5, 0.6) is 0 Å². The molecule has 3 aromatic carbocycles. The summed E-state index contributed by atoms with van der Waals surface area (Å²) in [6.45, 7) is 2.43. The SMILES string of the molecule is C(#C[Si](c1ccccc1)(c1ccccc1)c1ccccc1)C(C1CCCCC1)N1CCCC1. The summed E-state index contributed by atoms with van der Waals surface area (Å²) in [6.07, 6.45) is 9.46. The monoisotopic (exact) mass is 449 g/mol. The van der Waals surface area contributed by atoms with Gasteiger partial charge < -0.3 is 0 Å². The van der Waals surface area contributed by atoms with E-state index in [1.165, 1.54) is 73.6 Å². The number of hydrogen-bond donors (Lipinski definition) is 0. The molecule has 1 unspecified atom stereocenters. The molecule has 2 heteroatoms. The fourth-order valence-corrected chi connectivity index (χ4v) is 9.81. The highest BCUT2D eigenvalue weighted by atomic mass is 28.3. The van der Waals surface area contributed by atoms with Crippen LogP contribution in [0.15, 0.2) is 91.0 Å². The summed E-state index contributed by atoms with van der Waals surface area (Å²) in [5.74, 6) is 4.73. The van der Waals surface area contributed by atoms with E-state index in [9.17, 15) is 0 Å². The van der Waals surface area contributed by atoms with Crippen molar-refractivity contribution in [3.63, 3.8) is 0 Å². The van der Waals surface area contributed by atoms with Crippen molar-refractivity contribution in [2.45, 2.75) is 51.0 Å². The van der Waals surface area contributed by atoms with Crippen LogP contribution in [-0.4, -0.2) is 32.1 Å². The van der Waals surface area contributed by atoms with E-state index in [0.29, 0.717) is 6.04 Å². The smallest absolute Gasteiger partial charge is 0.229 e. The predicted molar refractivity (Wildman–Crippen MR) is 143 cm³/mol. The first-order chi connectivity index (χ1) is 16.4. The third kappa shape index (κ3) is 4.72. The van der Waals surface area contributed by atoms with Crippen LogP contribution < -0.4 is 15.6 Å². The molecular weight excluding hydrogens is 414 g/mol. The molecule has 0 N–H and O–H groups in total. The number of rotatable bonds is 5. The van der Waals surface area contributed by atoms with E-state index in [0.717, 1.165) is 5.92 Å². The minimum absolute atomic E-state index is 0.399. The Morgan fingerprint density at radius 3 is 1.52 bits per heavy atom. The van der Waals surface area contributed by atoms with E-state index in [1.807, 2.05) is 0 Å². The van der Waals surface area contributed by atoms with E-state index in [1.54, 1.807) is 0 Å². The lowest BCUT2D eigenvalue weighted by Gasteiger charge is -2.34. The maximum absolute atomic E-state index is 4.10. The van der Waals surface area contributed by atoms with Gasteiger partial charge in [0.15, 0.2) is 0 Å². The Kier molecular flexibility index (Phi) is 7.10. The van der Waals surface area contributed by atoms with Crippen LogP contribution in [0.2, 0.25) is 0 Å². The minimum atomic E-state index is -2.49. The Morgan fingerprint density at radius 1 is 0.606 bits per heavy atom. The fraction of sp³-hybridized carbons (Fsp3) is 0.355. The maximum atomic E-state index is 4.10. The van der Waals surface area contributed by atoms with Gasteiger partial charge in [-0.25, -0.2) is 0 Å². The van der Waals surface area contributed by atoms with E-state index >= 15 is 0 Å². The van der Waals surface area contributed by atoms with Gasteiger partial charge in [-0.15, -0.1) is 5.54 Å². The summed E-state index contributed by atoms with van der Waals surface area (Å²) < 4.78 is 0. The van der Waals surface area contributed by atoms with Gasteiger partial charge in [-0.3, -0.25) is 4.90 Å². The molecule has 1 heterocycles. The molecule has 1 saturated heterocycles. The zero-order valence-electron chi connectivity index (χ0n) is 19.6. The molecule has 1 atom stereocenters. The third-order valence-electron chi connectivity index (χ3n) is 7.66. The number of nitrogens with zero attached hydrogens (tertiary/aromatic N) is 1. The van der Waals surface area contributed by atoms with Gasteiger partial charge in [-0.1, -0.05) is 116 Å². The van der Waals surface area contributed by atoms with E-state index in [-0.39, 0.29) is 0 Å². The van der Waals surface area contributed by atoms with Crippen LogP contribution in [0.25, 0.3) is 0 Å². The van der Waals surface area contributed by atoms with E-state index in [4.69, 9.17) is 0 Å². The summed E-state index contributed by atoms with van der Waals surface area (Å²) in [6, 6.07) is 33.8. The zero-order valence-corrected chi connectivity index (χ0v) is 20.6. The van der Waals surface area contributed by atoms with Gasteiger partial charge in [0.05, 0.1) is 6.04 Å². The molecule has 5 rings (SSSR count). The van der Waals surface area contributed by atoms with Gasteiger partial charge >= 0.3 is 0 Å². The fourth-order valence-electron chi connectivity index (χ4n) is 5.94. The lowest BCUT2D eigenvalue weighted by molar-refractivity contribution is 0.185. The molecule has 2 aliphatic rings. The van der Waals surface area contributed by atoms with Crippen molar-refractivity contribution in [1.29, 1.82) is 0 Å². The number of benzene rings is 3.